The zero-order valence-electron chi connectivity index (χ0n) is 12.6. The molecule has 0 bridgehead atoms. The molecule has 4 atom stereocenters. The number of hydrogen-bond donors (Lipinski definition) is 0. The molecule has 2 fully saturated rings. The standard InChI is InChI=1S/C15H17N3O4/c1-8-9-4-5-18(13(9)17-7-16-8)14-12-11(10(6-19)20-14)21-15(2,3)22-12/h4-7,10-12,14H,1-3H3/t10-,11+,12?,14+/m0/s1. The predicted molar refractivity (Wildman–Crippen MR) is 76.1 cm³/mol. The quantitative estimate of drug-likeness (QED) is 0.780. The summed E-state index contributed by atoms with van der Waals surface area (Å²) in [6, 6.07) is 1.94. The molecule has 2 aliphatic rings. The van der Waals surface area contributed by atoms with Gasteiger partial charge < -0.3 is 23.6 Å². The number of hydrogen-bond acceptors (Lipinski definition) is 6. The smallest absolute Gasteiger partial charge is 0.165 e. The monoisotopic (exact) mass is 303 g/mol. The van der Waals surface area contributed by atoms with Crippen molar-refractivity contribution >= 4 is 17.3 Å². The molecule has 0 aromatic carbocycles. The zero-order chi connectivity index (χ0) is 15.5. The number of carbonyl (C=O) groups excluding carboxylic acids is 1. The molecule has 0 radical (unpaired) electrons. The Morgan fingerprint density at radius 2 is 2.05 bits per heavy atom. The molecule has 1 unspecified atom stereocenters. The Hall–Kier alpha value is -1.83. The number of carbonyl (C=O) groups is 1. The molecule has 7 nitrogen and oxygen atoms in total. The van der Waals surface area contributed by atoms with Gasteiger partial charge in [-0.2, -0.15) is 0 Å². The van der Waals surface area contributed by atoms with Crippen LogP contribution in [0.4, 0.5) is 0 Å². The van der Waals surface area contributed by atoms with Crippen molar-refractivity contribution in [2.24, 2.45) is 0 Å². The van der Waals surface area contributed by atoms with Crippen LogP contribution in [0, 0.1) is 6.92 Å². The van der Waals surface area contributed by atoms with E-state index in [1.54, 1.807) is 0 Å². The summed E-state index contributed by atoms with van der Waals surface area (Å²) >= 11 is 0. The minimum atomic E-state index is -0.730. The van der Waals surface area contributed by atoms with Crippen LogP contribution in [0.2, 0.25) is 0 Å². The first-order valence-electron chi connectivity index (χ1n) is 7.25. The van der Waals surface area contributed by atoms with E-state index in [1.165, 1.54) is 6.33 Å². The van der Waals surface area contributed by atoms with E-state index in [0.29, 0.717) is 0 Å². The topological polar surface area (TPSA) is 75.5 Å². The third kappa shape index (κ3) is 1.89. The highest BCUT2D eigenvalue weighted by molar-refractivity contribution is 5.78. The van der Waals surface area contributed by atoms with Gasteiger partial charge >= 0.3 is 0 Å². The summed E-state index contributed by atoms with van der Waals surface area (Å²) in [6.45, 7) is 5.60. The van der Waals surface area contributed by atoms with E-state index < -0.39 is 24.2 Å². The van der Waals surface area contributed by atoms with Crippen LogP contribution in [0.3, 0.4) is 0 Å². The molecule has 22 heavy (non-hydrogen) atoms. The normalized spacial score (nSPS) is 33.2. The van der Waals surface area contributed by atoms with E-state index in [0.717, 1.165) is 23.0 Å². The van der Waals surface area contributed by atoms with Crippen molar-refractivity contribution < 1.29 is 19.0 Å². The van der Waals surface area contributed by atoms with E-state index in [-0.39, 0.29) is 6.10 Å². The van der Waals surface area contributed by atoms with Crippen LogP contribution in [0.5, 0.6) is 0 Å². The van der Waals surface area contributed by atoms with Crippen molar-refractivity contribution in [3.05, 3.63) is 24.3 Å². The van der Waals surface area contributed by atoms with Gasteiger partial charge in [-0.15, -0.1) is 0 Å². The number of rotatable bonds is 2. The van der Waals surface area contributed by atoms with Gasteiger partial charge in [-0.05, 0) is 26.8 Å². The first kappa shape index (κ1) is 13.8. The molecule has 0 aliphatic carbocycles. The highest BCUT2D eigenvalue weighted by Crippen LogP contribution is 2.43. The highest BCUT2D eigenvalue weighted by Gasteiger charge is 2.56. The summed E-state index contributed by atoms with van der Waals surface area (Å²) in [7, 11) is 0. The lowest BCUT2D eigenvalue weighted by Gasteiger charge is -2.23. The van der Waals surface area contributed by atoms with Crippen molar-refractivity contribution in [3.8, 4) is 0 Å². The van der Waals surface area contributed by atoms with Crippen LogP contribution in [0.15, 0.2) is 18.6 Å². The molecule has 0 spiro atoms. The average molecular weight is 303 g/mol. The summed E-state index contributed by atoms with van der Waals surface area (Å²) in [6.07, 6.45) is 2.33. The number of aldehydes is 1. The summed E-state index contributed by atoms with van der Waals surface area (Å²) in [5.74, 6) is -0.730. The summed E-state index contributed by atoms with van der Waals surface area (Å²) in [5, 5.41) is 0.954. The van der Waals surface area contributed by atoms with Gasteiger partial charge in [0.2, 0.25) is 0 Å². The molecule has 2 aromatic heterocycles. The predicted octanol–water partition coefficient (Wildman–Crippen LogP) is 1.36. The van der Waals surface area contributed by atoms with Crippen LogP contribution >= 0.6 is 0 Å². The second-order valence-electron chi connectivity index (χ2n) is 6.11. The van der Waals surface area contributed by atoms with Crippen LogP contribution in [-0.4, -0.2) is 44.9 Å². The summed E-state index contributed by atoms with van der Waals surface area (Å²) in [5.41, 5.74) is 1.66. The Bertz CT molecular complexity index is 741. The minimum Gasteiger partial charge on any atom is -0.342 e. The SMILES string of the molecule is Cc1ncnc2c1ccn2[C@@H]1O[C@@H](C=O)[C@H]2OC(C)(C)OC12. The fraction of sp³-hybridized carbons (Fsp3) is 0.533. The van der Waals surface area contributed by atoms with Crippen LogP contribution in [-0.2, 0) is 19.0 Å². The molecule has 7 heteroatoms. The molecule has 4 heterocycles. The fourth-order valence-electron chi connectivity index (χ4n) is 3.24. The summed E-state index contributed by atoms with van der Waals surface area (Å²) in [4.78, 5) is 19.8. The van der Waals surface area contributed by atoms with Crippen molar-refractivity contribution in [1.29, 1.82) is 0 Å². The van der Waals surface area contributed by atoms with Crippen molar-refractivity contribution in [1.82, 2.24) is 14.5 Å². The van der Waals surface area contributed by atoms with Gasteiger partial charge in [0, 0.05) is 11.6 Å². The first-order chi connectivity index (χ1) is 10.5. The maximum Gasteiger partial charge on any atom is 0.165 e. The second-order valence-corrected chi connectivity index (χ2v) is 6.11. The highest BCUT2D eigenvalue weighted by atomic mass is 16.8. The van der Waals surface area contributed by atoms with Crippen LogP contribution < -0.4 is 0 Å². The van der Waals surface area contributed by atoms with Crippen LogP contribution in [0.1, 0.15) is 25.8 Å². The van der Waals surface area contributed by atoms with Gasteiger partial charge in [0.1, 0.15) is 30.3 Å². The number of aromatic nitrogens is 3. The first-order valence-corrected chi connectivity index (χ1v) is 7.25. The lowest BCUT2D eigenvalue weighted by atomic mass is 10.1. The van der Waals surface area contributed by atoms with Gasteiger partial charge in [-0.1, -0.05) is 0 Å². The number of fused-ring (bicyclic) bond motifs is 2. The Morgan fingerprint density at radius 1 is 1.27 bits per heavy atom. The van der Waals surface area contributed by atoms with Gasteiger partial charge in [0.05, 0.1) is 5.69 Å². The number of ether oxygens (including phenoxy) is 3. The lowest BCUT2D eigenvalue weighted by Crippen LogP contribution is -2.30. The van der Waals surface area contributed by atoms with Crippen molar-refractivity contribution in [2.75, 3.05) is 0 Å². The molecular formula is C15H17N3O4. The molecule has 2 aliphatic heterocycles. The largest absolute Gasteiger partial charge is 0.342 e. The van der Waals surface area contributed by atoms with E-state index in [4.69, 9.17) is 14.2 Å². The summed E-state index contributed by atoms with van der Waals surface area (Å²) < 4.78 is 19.5. The van der Waals surface area contributed by atoms with Gasteiger partial charge in [-0.25, -0.2) is 9.97 Å². The third-order valence-electron chi connectivity index (χ3n) is 4.18. The van der Waals surface area contributed by atoms with Gasteiger partial charge in [0.25, 0.3) is 0 Å². The van der Waals surface area contributed by atoms with Gasteiger partial charge in [0.15, 0.2) is 18.3 Å². The van der Waals surface area contributed by atoms with Gasteiger partial charge in [-0.3, -0.25) is 0 Å². The van der Waals surface area contributed by atoms with E-state index in [1.807, 2.05) is 37.6 Å². The Labute approximate surface area is 127 Å². The zero-order valence-corrected chi connectivity index (χ0v) is 12.6. The second kappa shape index (κ2) is 4.58. The van der Waals surface area contributed by atoms with Crippen molar-refractivity contribution in [2.45, 2.75) is 51.1 Å². The Morgan fingerprint density at radius 3 is 2.82 bits per heavy atom. The van der Waals surface area contributed by atoms with E-state index in [9.17, 15) is 4.79 Å². The number of nitrogens with zero attached hydrogens (tertiary/aromatic N) is 3. The average Bonchev–Trinajstić information content (AvgIpc) is 3.10. The Balaban J connectivity index is 1.78. The number of aryl methyl sites for hydroxylation is 1. The molecular weight excluding hydrogens is 286 g/mol. The molecule has 116 valence electrons. The van der Waals surface area contributed by atoms with Crippen molar-refractivity contribution in [3.63, 3.8) is 0 Å². The maximum atomic E-state index is 11.3. The third-order valence-corrected chi connectivity index (χ3v) is 4.18. The molecule has 4 rings (SSSR count). The van der Waals surface area contributed by atoms with Crippen LogP contribution in [0.25, 0.3) is 11.0 Å². The molecule has 0 saturated carbocycles. The molecule has 2 aromatic rings. The minimum absolute atomic E-state index is 0.351. The van der Waals surface area contributed by atoms with E-state index >= 15 is 0 Å². The van der Waals surface area contributed by atoms with E-state index in [2.05, 4.69) is 9.97 Å². The Kier molecular flexibility index (Phi) is 2.87. The molecule has 2 saturated heterocycles. The fourth-order valence-corrected chi connectivity index (χ4v) is 3.24. The maximum absolute atomic E-state index is 11.3. The molecule has 0 N–H and O–H groups in total. The molecule has 0 amide bonds. The lowest BCUT2D eigenvalue weighted by molar-refractivity contribution is -0.194.